The fraction of sp³-hybridized carbons (Fsp3) is 0.500. The molecule has 0 aliphatic carbocycles. The molecule has 0 spiro atoms. The molecule has 4 N–H and O–H groups in total. The van der Waals surface area contributed by atoms with Crippen molar-refractivity contribution in [2.45, 2.75) is 32.4 Å². The van der Waals surface area contributed by atoms with E-state index in [2.05, 4.69) is 6.58 Å². The van der Waals surface area contributed by atoms with Gasteiger partial charge in [0.25, 0.3) is 11.6 Å². The lowest BCUT2D eigenvalue weighted by Crippen LogP contribution is -2.77. The van der Waals surface area contributed by atoms with Gasteiger partial charge in [-0.1, -0.05) is 18.0 Å². The largest absolute Gasteiger partial charge is 0.526 e. The van der Waals surface area contributed by atoms with Crippen molar-refractivity contribution in [2.24, 2.45) is 0 Å². The summed E-state index contributed by atoms with van der Waals surface area (Å²) < 4.78 is -1.94. The maximum Gasteiger partial charge on any atom is 0.526 e. The van der Waals surface area contributed by atoms with Gasteiger partial charge >= 0.3 is 18.2 Å². The molecule has 9 heteroatoms. The SMILES string of the molecule is C=C(C)C(=O)NC(CCC)(C(=O)O)[N+](C)(C(=O)O)C(=O)O. The van der Waals surface area contributed by atoms with Gasteiger partial charge in [0, 0.05) is 12.0 Å². The number of carboxylic acids is 1. The fourth-order valence-electron chi connectivity index (χ4n) is 1.81. The molecule has 0 aromatic rings. The van der Waals surface area contributed by atoms with Crippen LogP contribution in [-0.4, -0.2) is 56.6 Å². The molecule has 1 unspecified atom stereocenters. The number of carbonyl (C=O) groups excluding carboxylic acids is 1. The Balaban J connectivity index is 6.30. The van der Waals surface area contributed by atoms with Crippen LogP contribution in [0.5, 0.6) is 0 Å². The molecule has 1 atom stereocenters. The number of aliphatic carboxylic acids is 1. The summed E-state index contributed by atoms with van der Waals surface area (Å²) in [7, 11) is 0.702. The highest BCUT2D eigenvalue weighted by atomic mass is 16.5. The third-order valence-electron chi connectivity index (χ3n) is 3.20. The second kappa shape index (κ2) is 6.35. The monoisotopic (exact) mass is 303 g/mol. The van der Waals surface area contributed by atoms with E-state index in [1.165, 1.54) is 6.92 Å². The van der Waals surface area contributed by atoms with Crippen LogP contribution in [0.25, 0.3) is 0 Å². The Morgan fingerprint density at radius 1 is 1.14 bits per heavy atom. The number of quaternary nitrogens is 1. The molecule has 0 aliphatic heterocycles. The second-order valence-corrected chi connectivity index (χ2v) is 4.72. The average molecular weight is 303 g/mol. The molecule has 9 nitrogen and oxygen atoms in total. The van der Waals surface area contributed by atoms with Crippen molar-refractivity contribution in [3.05, 3.63) is 12.2 Å². The molecule has 0 radical (unpaired) electrons. The lowest BCUT2D eigenvalue weighted by atomic mass is 9.99. The van der Waals surface area contributed by atoms with Crippen LogP contribution in [-0.2, 0) is 9.59 Å². The number of imide groups is 1. The minimum atomic E-state index is -2.55. The lowest BCUT2D eigenvalue weighted by molar-refractivity contribution is -0.815. The van der Waals surface area contributed by atoms with Crippen LogP contribution in [0.2, 0.25) is 0 Å². The molecular weight excluding hydrogens is 284 g/mol. The highest BCUT2D eigenvalue weighted by Gasteiger charge is 2.65. The molecule has 0 rings (SSSR count). The van der Waals surface area contributed by atoms with Gasteiger partial charge in [-0.3, -0.25) is 10.1 Å². The van der Waals surface area contributed by atoms with E-state index in [1.807, 2.05) is 5.32 Å². The van der Waals surface area contributed by atoms with Gasteiger partial charge in [0.1, 0.15) is 0 Å². The molecule has 0 fully saturated rings. The van der Waals surface area contributed by atoms with E-state index in [-0.39, 0.29) is 12.0 Å². The minimum Gasteiger partial charge on any atom is -0.475 e. The summed E-state index contributed by atoms with van der Waals surface area (Å²) in [4.78, 5) is 46.2. The van der Waals surface area contributed by atoms with Gasteiger partial charge in [0.15, 0.2) is 0 Å². The number of carbonyl (C=O) groups is 4. The van der Waals surface area contributed by atoms with Crippen molar-refractivity contribution in [3.8, 4) is 0 Å². The van der Waals surface area contributed by atoms with Crippen LogP contribution in [0.15, 0.2) is 12.2 Å². The molecule has 3 amide bonds. The molecule has 21 heavy (non-hydrogen) atoms. The zero-order valence-corrected chi connectivity index (χ0v) is 12.0. The van der Waals surface area contributed by atoms with E-state index in [4.69, 9.17) is 0 Å². The Morgan fingerprint density at radius 2 is 1.57 bits per heavy atom. The number of carboxylic acid groups (broad SMARTS) is 3. The summed E-state index contributed by atoms with van der Waals surface area (Å²) in [6, 6.07) is 0. The summed E-state index contributed by atoms with van der Waals surface area (Å²) in [6.07, 6.45) is -4.09. The van der Waals surface area contributed by atoms with Crippen LogP contribution < -0.4 is 5.32 Å². The number of hydrogen-bond acceptors (Lipinski definition) is 4. The third kappa shape index (κ3) is 3.02. The van der Waals surface area contributed by atoms with Gasteiger partial charge in [-0.05, 0) is 13.3 Å². The van der Waals surface area contributed by atoms with Crippen molar-refractivity contribution < 1.29 is 39.0 Å². The number of amides is 3. The summed E-state index contributed by atoms with van der Waals surface area (Å²) in [5, 5.41) is 29.9. The lowest BCUT2D eigenvalue weighted by Gasteiger charge is -2.39. The first kappa shape index (κ1) is 18.6. The van der Waals surface area contributed by atoms with Gasteiger partial charge in [-0.15, -0.1) is 0 Å². The molecule has 118 valence electrons. The highest BCUT2D eigenvalue weighted by Crippen LogP contribution is 2.28. The second-order valence-electron chi connectivity index (χ2n) is 4.72. The number of nitrogens with zero attached hydrogens (tertiary/aromatic N) is 1. The van der Waals surface area contributed by atoms with Gasteiger partial charge < -0.3 is 15.3 Å². The summed E-state index contributed by atoms with van der Waals surface area (Å²) >= 11 is 0. The van der Waals surface area contributed by atoms with E-state index in [1.54, 1.807) is 6.92 Å². The maximum absolute atomic E-state index is 11.8. The molecule has 0 heterocycles. The standard InChI is InChI=1S/C12H18N2O7/c1-5-6-12(9(16)17,13-8(15)7(2)3)14(4,10(18)19)11(20)21/h2,5-6H2,1,3-4H3,(H3-,13,15,16,17,18,19,20,21)/p+1. The van der Waals surface area contributed by atoms with Crippen LogP contribution in [0, 0.1) is 0 Å². The molecule has 0 aliphatic rings. The van der Waals surface area contributed by atoms with Crippen LogP contribution >= 0.6 is 0 Å². The molecule has 0 saturated carbocycles. The van der Waals surface area contributed by atoms with E-state index in [0.29, 0.717) is 7.05 Å². The summed E-state index contributed by atoms with van der Waals surface area (Å²) in [5.41, 5.74) is -2.62. The van der Waals surface area contributed by atoms with E-state index >= 15 is 0 Å². The third-order valence-corrected chi connectivity index (χ3v) is 3.20. The predicted octanol–water partition coefficient (Wildman–Crippen LogP) is 1.06. The topological polar surface area (TPSA) is 141 Å². The van der Waals surface area contributed by atoms with E-state index in [0.717, 1.165) is 0 Å². The summed E-state index contributed by atoms with van der Waals surface area (Å²) in [5.74, 6) is -2.69. The smallest absolute Gasteiger partial charge is 0.475 e. The van der Waals surface area contributed by atoms with Gasteiger partial charge in [-0.25, -0.2) is 4.79 Å². The summed E-state index contributed by atoms with van der Waals surface area (Å²) in [6.45, 7) is 6.16. The zero-order valence-electron chi connectivity index (χ0n) is 12.0. The molecule has 0 aromatic heterocycles. The highest BCUT2D eigenvalue weighted by molar-refractivity contribution is 5.97. The first-order chi connectivity index (χ1) is 9.47. The zero-order chi connectivity index (χ0) is 17.0. The minimum absolute atomic E-state index is 0.0703. The Kier molecular flexibility index (Phi) is 5.62. The van der Waals surface area contributed by atoms with E-state index < -0.39 is 40.6 Å². The number of rotatable bonds is 6. The predicted molar refractivity (Wildman–Crippen MR) is 70.5 cm³/mol. The first-order valence-electron chi connectivity index (χ1n) is 6.02. The molecular formula is C12H19N2O7+. The molecule has 0 bridgehead atoms. The first-order valence-corrected chi connectivity index (χ1v) is 6.02. The number of hydrogen-bond donors (Lipinski definition) is 4. The van der Waals surface area contributed by atoms with Crippen molar-refractivity contribution in [1.82, 2.24) is 5.32 Å². The molecule has 0 aromatic carbocycles. The van der Waals surface area contributed by atoms with Crippen LogP contribution in [0.3, 0.4) is 0 Å². The van der Waals surface area contributed by atoms with Crippen molar-refractivity contribution >= 4 is 24.1 Å². The normalized spacial score (nSPS) is 13.9. The maximum atomic E-state index is 11.8. The van der Waals surface area contributed by atoms with E-state index in [9.17, 15) is 34.5 Å². The number of nitrogens with one attached hydrogen (secondary N) is 1. The Bertz CT molecular complexity index is 486. The Morgan fingerprint density at radius 3 is 1.81 bits per heavy atom. The Hall–Kier alpha value is -2.42. The Labute approximate surface area is 121 Å². The van der Waals surface area contributed by atoms with Crippen molar-refractivity contribution in [2.75, 3.05) is 7.05 Å². The van der Waals surface area contributed by atoms with Gasteiger partial charge in [-0.2, -0.15) is 9.59 Å². The average Bonchev–Trinajstić information content (AvgIpc) is 2.35. The number of likely N-dealkylation sites (N-methyl/N-ethyl adjacent to an activating group) is 1. The fourth-order valence-corrected chi connectivity index (χ4v) is 1.81. The molecule has 0 saturated heterocycles. The van der Waals surface area contributed by atoms with Crippen LogP contribution in [0.1, 0.15) is 26.7 Å². The quantitative estimate of drug-likeness (QED) is 0.326. The van der Waals surface area contributed by atoms with Crippen molar-refractivity contribution in [1.29, 1.82) is 0 Å². The van der Waals surface area contributed by atoms with Crippen LogP contribution in [0.4, 0.5) is 9.59 Å². The van der Waals surface area contributed by atoms with Gasteiger partial charge in [0.2, 0.25) is 0 Å². The van der Waals surface area contributed by atoms with Gasteiger partial charge in [0.05, 0.1) is 7.05 Å². The van der Waals surface area contributed by atoms with Crippen molar-refractivity contribution in [3.63, 3.8) is 0 Å².